The van der Waals surface area contributed by atoms with E-state index in [1.54, 1.807) is 6.07 Å². The van der Waals surface area contributed by atoms with Crippen molar-refractivity contribution in [1.82, 2.24) is 20.1 Å². The Morgan fingerprint density at radius 1 is 1.09 bits per heavy atom. The molecule has 0 aliphatic rings. The van der Waals surface area contributed by atoms with Crippen molar-refractivity contribution in [2.75, 3.05) is 5.32 Å². The van der Waals surface area contributed by atoms with Crippen molar-refractivity contribution >= 4 is 17.2 Å². The Balaban J connectivity index is 1.46. The summed E-state index contributed by atoms with van der Waals surface area (Å²) in [5, 5.41) is 21.5. The first kappa shape index (κ1) is 22.0. The van der Waals surface area contributed by atoms with E-state index < -0.39 is 0 Å². The highest BCUT2D eigenvalue weighted by atomic mass is 16.3. The number of phenolic OH excluding ortho intramolecular Hbond substituents is 1. The first-order valence-corrected chi connectivity index (χ1v) is 10.9. The highest BCUT2D eigenvalue weighted by Crippen LogP contribution is 2.19. The van der Waals surface area contributed by atoms with Crippen LogP contribution in [0.5, 0.6) is 5.75 Å². The molecule has 2 heterocycles. The van der Waals surface area contributed by atoms with Crippen LogP contribution in [0.15, 0.2) is 85.7 Å². The molecule has 0 radical (unpaired) electrons. The molecule has 4 N–H and O–H groups in total. The van der Waals surface area contributed by atoms with E-state index in [-0.39, 0.29) is 0 Å². The number of rotatable bonds is 9. The zero-order valence-corrected chi connectivity index (χ0v) is 19.0. The minimum Gasteiger partial charge on any atom is -0.508 e. The molecule has 0 spiro atoms. The van der Waals surface area contributed by atoms with Crippen LogP contribution in [0.4, 0.5) is 5.69 Å². The molecular weight excluding hydrogens is 410 g/mol. The Hall–Kier alpha value is -4.19. The van der Waals surface area contributed by atoms with Gasteiger partial charge in [-0.3, -0.25) is 0 Å². The lowest BCUT2D eigenvalue weighted by Gasteiger charge is -2.15. The average Bonchev–Trinajstić information content (AvgIpc) is 3.47. The molecule has 4 rings (SSSR count). The summed E-state index contributed by atoms with van der Waals surface area (Å²) in [4.78, 5) is 3.15. The summed E-state index contributed by atoms with van der Waals surface area (Å²) in [6, 6.07) is 19.6. The third-order valence-corrected chi connectivity index (χ3v) is 5.64. The van der Waals surface area contributed by atoms with Crippen molar-refractivity contribution in [2.45, 2.75) is 26.8 Å². The maximum absolute atomic E-state index is 10.1. The van der Waals surface area contributed by atoms with E-state index in [1.165, 1.54) is 0 Å². The van der Waals surface area contributed by atoms with Gasteiger partial charge in [0.25, 0.3) is 0 Å². The Morgan fingerprint density at radius 2 is 1.88 bits per heavy atom. The van der Waals surface area contributed by atoms with E-state index >= 15 is 0 Å². The summed E-state index contributed by atoms with van der Waals surface area (Å²) in [5.74, 6) is 1.18. The van der Waals surface area contributed by atoms with Gasteiger partial charge in [-0.05, 0) is 73.4 Å². The predicted molar refractivity (Wildman–Crippen MR) is 135 cm³/mol. The normalized spacial score (nSPS) is 11.4. The Morgan fingerprint density at radius 3 is 2.55 bits per heavy atom. The van der Waals surface area contributed by atoms with Crippen LogP contribution in [-0.2, 0) is 13.0 Å². The van der Waals surface area contributed by atoms with Crippen LogP contribution in [0.3, 0.4) is 0 Å². The van der Waals surface area contributed by atoms with E-state index in [1.807, 2.05) is 66.5 Å². The quantitative estimate of drug-likeness (QED) is 0.280. The second kappa shape index (κ2) is 9.96. The van der Waals surface area contributed by atoms with Gasteiger partial charge in [0.2, 0.25) is 0 Å². The topological polar surface area (TPSA) is 77.9 Å². The number of nitrogens with one attached hydrogen (secondary N) is 3. The molecule has 2 aromatic heterocycles. The Bertz CT molecular complexity index is 1250. The number of nitrogens with zero attached hydrogens (tertiary/aromatic N) is 2. The predicted octanol–water partition coefficient (Wildman–Crippen LogP) is 5.45. The number of allylic oxidation sites excluding steroid dienone is 1. The molecule has 0 saturated carbocycles. The number of anilines is 1. The lowest BCUT2D eigenvalue weighted by Crippen LogP contribution is -2.19. The van der Waals surface area contributed by atoms with Crippen LogP contribution in [-0.4, -0.2) is 19.9 Å². The zero-order chi connectivity index (χ0) is 23.2. The highest BCUT2D eigenvalue weighted by Gasteiger charge is 2.09. The maximum atomic E-state index is 10.1. The monoisotopic (exact) mass is 439 g/mol. The number of hydrogen-bond acceptors (Lipinski definition) is 4. The van der Waals surface area contributed by atoms with Crippen LogP contribution in [0.25, 0.3) is 11.5 Å². The van der Waals surface area contributed by atoms with Crippen molar-refractivity contribution in [3.63, 3.8) is 0 Å². The third kappa shape index (κ3) is 5.36. The van der Waals surface area contributed by atoms with Gasteiger partial charge in [0.15, 0.2) is 0 Å². The molecular formula is C27H29N5O. The highest BCUT2D eigenvalue weighted by molar-refractivity contribution is 5.73. The molecule has 0 aliphatic heterocycles. The van der Waals surface area contributed by atoms with Gasteiger partial charge in [-0.15, -0.1) is 0 Å². The minimum atomic E-state index is 0.297. The number of benzene rings is 2. The van der Waals surface area contributed by atoms with E-state index in [0.29, 0.717) is 18.7 Å². The van der Waals surface area contributed by atoms with Gasteiger partial charge in [0.05, 0.1) is 17.6 Å². The zero-order valence-electron chi connectivity index (χ0n) is 19.0. The molecule has 6 heteroatoms. The van der Waals surface area contributed by atoms with Gasteiger partial charge in [0.1, 0.15) is 11.6 Å². The van der Waals surface area contributed by atoms with Gasteiger partial charge >= 0.3 is 0 Å². The first-order chi connectivity index (χ1) is 16.0. The SMILES string of the molecule is C=C(Nc1ccc(CN/C(=C/Cc2ccccc2O)n2ncc(C)c2C)cc1)c1ccc[nH]1. The molecule has 0 atom stereocenters. The number of phenols is 1. The summed E-state index contributed by atoms with van der Waals surface area (Å²) in [6.07, 6.45) is 6.40. The van der Waals surface area contributed by atoms with Gasteiger partial charge in [0, 0.05) is 24.1 Å². The average molecular weight is 440 g/mol. The van der Waals surface area contributed by atoms with E-state index in [9.17, 15) is 5.11 Å². The molecule has 33 heavy (non-hydrogen) atoms. The lowest BCUT2D eigenvalue weighted by atomic mass is 10.1. The first-order valence-electron chi connectivity index (χ1n) is 10.9. The van der Waals surface area contributed by atoms with Crippen LogP contribution in [0.2, 0.25) is 0 Å². The van der Waals surface area contributed by atoms with Crippen LogP contribution in [0.1, 0.15) is 28.1 Å². The molecule has 168 valence electrons. The van der Waals surface area contributed by atoms with Gasteiger partial charge < -0.3 is 20.7 Å². The molecule has 6 nitrogen and oxygen atoms in total. The van der Waals surface area contributed by atoms with Crippen molar-refractivity contribution < 1.29 is 5.11 Å². The van der Waals surface area contributed by atoms with E-state index in [2.05, 4.69) is 52.4 Å². The van der Waals surface area contributed by atoms with Gasteiger partial charge in [-0.1, -0.05) is 36.9 Å². The lowest BCUT2D eigenvalue weighted by molar-refractivity contribution is 0.469. The van der Waals surface area contributed by atoms with Gasteiger partial charge in [-0.25, -0.2) is 4.68 Å². The summed E-state index contributed by atoms with van der Waals surface area (Å²) < 4.78 is 1.91. The molecule has 0 unspecified atom stereocenters. The molecule has 0 saturated heterocycles. The fourth-order valence-corrected chi connectivity index (χ4v) is 3.52. The second-order valence-electron chi connectivity index (χ2n) is 7.98. The van der Waals surface area contributed by atoms with E-state index in [0.717, 1.165) is 45.3 Å². The number of hydrogen-bond donors (Lipinski definition) is 4. The Labute approximate surface area is 194 Å². The fourth-order valence-electron chi connectivity index (χ4n) is 3.52. The fraction of sp³-hybridized carbons (Fsp3) is 0.148. The molecule has 4 aromatic rings. The minimum absolute atomic E-state index is 0.297. The molecule has 0 amide bonds. The summed E-state index contributed by atoms with van der Waals surface area (Å²) >= 11 is 0. The maximum Gasteiger partial charge on any atom is 0.124 e. The van der Waals surface area contributed by atoms with Crippen molar-refractivity contribution in [2.24, 2.45) is 0 Å². The number of aromatic hydroxyl groups is 1. The second-order valence-corrected chi connectivity index (χ2v) is 7.98. The smallest absolute Gasteiger partial charge is 0.124 e. The van der Waals surface area contributed by atoms with Crippen LogP contribution < -0.4 is 10.6 Å². The number of aryl methyl sites for hydroxylation is 1. The number of para-hydroxylation sites is 1. The van der Waals surface area contributed by atoms with E-state index in [4.69, 9.17) is 0 Å². The number of aromatic amines is 1. The van der Waals surface area contributed by atoms with Gasteiger partial charge in [-0.2, -0.15) is 5.10 Å². The Kier molecular flexibility index (Phi) is 6.64. The number of aromatic nitrogens is 3. The van der Waals surface area contributed by atoms with Crippen molar-refractivity contribution in [3.05, 3.63) is 114 Å². The van der Waals surface area contributed by atoms with Crippen LogP contribution >= 0.6 is 0 Å². The molecule has 2 aromatic carbocycles. The molecule has 0 aliphatic carbocycles. The standard InChI is InChI=1S/C27H29N5O/c1-19-17-30-32(21(19)3)27(15-12-23-7-4-5-9-26(23)33)29-18-22-10-13-24(14-11-22)31-20(2)25-8-6-16-28-25/h4-11,13-17,28-29,31,33H,2,12,18H2,1,3H3/b27-15-. The molecule has 0 bridgehead atoms. The summed E-state index contributed by atoms with van der Waals surface area (Å²) in [5.41, 5.74) is 6.98. The largest absolute Gasteiger partial charge is 0.508 e. The van der Waals surface area contributed by atoms with Crippen molar-refractivity contribution in [3.8, 4) is 5.75 Å². The van der Waals surface area contributed by atoms with Crippen molar-refractivity contribution in [1.29, 1.82) is 0 Å². The number of H-pyrrole nitrogens is 1. The third-order valence-electron chi connectivity index (χ3n) is 5.64. The molecule has 0 fully saturated rings. The summed E-state index contributed by atoms with van der Waals surface area (Å²) in [7, 11) is 0. The van der Waals surface area contributed by atoms with Crippen LogP contribution in [0, 0.1) is 13.8 Å². The summed E-state index contributed by atoms with van der Waals surface area (Å²) in [6.45, 7) is 8.82.